The molecule has 1 N–H and O–H groups in total. The maximum Gasteiger partial charge on any atom is 0.339 e. The number of carboxylic acid groups (broad SMARTS) is 1. The number of allylic oxidation sites excluding steroid dienone is 5. The zero-order valence-electron chi connectivity index (χ0n) is 21.0. The van der Waals surface area contributed by atoms with E-state index in [1.165, 1.54) is 0 Å². The van der Waals surface area contributed by atoms with Crippen LogP contribution in [0.15, 0.2) is 47.2 Å². The van der Waals surface area contributed by atoms with Crippen molar-refractivity contribution in [1.29, 1.82) is 0 Å². The number of hydrogen-bond donors (Lipinski definition) is 1. The van der Waals surface area contributed by atoms with Gasteiger partial charge in [-0.3, -0.25) is 0 Å². The van der Waals surface area contributed by atoms with Crippen LogP contribution in [0.1, 0.15) is 34.3 Å². The molecule has 192 valence electrons. The number of nitrogens with zero attached hydrogens (tertiary/aromatic N) is 3. The van der Waals surface area contributed by atoms with E-state index in [2.05, 4.69) is 39.6 Å². The number of fused-ring (bicyclic) bond motifs is 2. The summed E-state index contributed by atoms with van der Waals surface area (Å²) < 4.78 is 48.0. The highest BCUT2D eigenvalue weighted by molar-refractivity contribution is 6.98. The normalized spacial score (nSPS) is 19.3. The molecule has 0 unspecified atom stereocenters. The standard InChI is InChI=1S/C29H24F3N3O2Si/c1-33-28-26(31)23(24(29(36)37)25(30)27(28)32)22-18-8-6-16(34-10-4-11-34)14-20(18)38(2,3)21-15-17(7-9-19(21)22)35-12-5-13-35/h6-9,14-15H,4-5,10-13H2,2-3H3/p+1. The molecule has 9 heteroatoms. The molecule has 0 amide bonds. The quantitative estimate of drug-likeness (QED) is 0.256. The van der Waals surface area contributed by atoms with Crippen LogP contribution in [-0.2, 0) is 0 Å². The molecule has 0 aromatic heterocycles. The van der Waals surface area contributed by atoms with E-state index in [0.717, 1.165) is 60.8 Å². The van der Waals surface area contributed by atoms with Crippen molar-refractivity contribution in [2.24, 2.45) is 0 Å². The van der Waals surface area contributed by atoms with Crippen molar-refractivity contribution in [1.82, 2.24) is 0 Å². The number of carboxylic acids is 1. The van der Waals surface area contributed by atoms with E-state index < -0.39 is 48.3 Å². The molecule has 1 aliphatic carbocycles. The van der Waals surface area contributed by atoms with Gasteiger partial charge in [-0.1, -0.05) is 19.2 Å². The minimum atomic E-state index is -2.42. The monoisotopic (exact) mass is 532 g/mol. The number of benzene rings is 2. The molecule has 4 aliphatic rings. The second kappa shape index (κ2) is 8.56. The average molecular weight is 533 g/mol. The Morgan fingerprint density at radius 3 is 2.39 bits per heavy atom. The van der Waals surface area contributed by atoms with Gasteiger partial charge in [0.25, 0.3) is 5.69 Å². The number of anilines is 1. The Morgan fingerprint density at radius 1 is 1.08 bits per heavy atom. The first-order chi connectivity index (χ1) is 18.1. The Bertz CT molecular complexity index is 1620. The summed E-state index contributed by atoms with van der Waals surface area (Å²) in [6, 6.07) is 5.84. The van der Waals surface area contributed by atoms with E-state index in [9.17, 15) is 14.3 Å². The van der Waals surface area contributed by atoms with Crippen LogP contribution in [0.5, 0.6) is 0 Å². The number of carbonyl (C=O) groups is 1. The SMILES string of the molecule is [C-]#[N+]c1c(F)c(F)c(C(=O)O)c(C2=C3C=CC(=[N+]4CCC4)C=C3[Si](C)(C)c3cc(N4CCC4)ccc32)c1F. The van der Waals surface area contributed by atoms with Gasteiger partial charge in [0, 0.05) is 36.5 Å². The molecule has 0 radical (unpaired) electrons. The van der Waals surface area contributed by atoms with Crippen molar-refractivity contribution in [3.63, 3.8) is 0 Å². The van der Waals surface area contributed by atoms with Crippen LogP contribution >= 0.6 is 0 Å². The van der Waals surface area contributed by atoms with Crippen molar-refractivity contribution in [3.8, 4) is 0 Å². The number of halogens is 3. The molecule has 3 aliphatic heterocycles. The highest BCUT2D eigenvalue weighted by Gasteiger charge is 2.43. The average Bonchev–Trinajstić information content (AvgIpc) is 2.81. The van der Waals surface area contributed by atoms with Gasteiger partial charge in [-0.05, 0) is 51.7 Å². The fourth-order valence-electron chi connectivity index (χ4n) is 5.82. The van der Waals surface area contributed by atoms with Gasteiger partial charge in [-0.15, -0.1) is 0 Å². The zero-order valence-corrected chi connectivity index (χ0v) is 22.0. The predicted molar refractivity (Wildman–Crippen MR) is 143 cm³/mol. The van der Waals surface area contributed by atoms with Crippen LogP contribution in [0.4, 0.5) is 24.5 Å². The first-order valence-corrected chi connectivity index (χ1v) is 15.6. The van der Waals surface area contributed by atoms with Crippen LogP contribution in [-0.4, -0.2) is 55.6 Å². The largest absolute Gasteiger partial charge is 0.478 e. The Morgan fingerprint density at radius 2 is 1.82 bits per heavy atom. The molecule has 2 fully saturated rings. The van der Waals surface area contributed by atoms with Gasteiger partial charge < -0.3 is 10.0 Å². The molecule has 0 saturated carbocycles. The molecule has 2 aromatic rings. The summed E-state index contributed by atoms with van der Waals surface area (Å²) in [6.07, 6.45) is 8.03. The third-order valence-corrected chi connectivity index (χ3v) is 11.7. The van der Waals surface area contributed by atoms with Gasteiger partial charge in [0.2, 0.25) is 0 Å². The van der Waals surface area contributed by atoms with Crippen LogP contribution in [0.3, 0.4) is 0 Å². The van der Waals surface area contributed by atoms with Crippen LogP contribution in [0.2, 0.25) is 13.1 Å². The van der Waals surface area contributed by atoms with Crippen molar-refractivity contribution < 1.29 is 27.6 Å². The highest BCUT2D eigenvalue weighted by atomic mass is 28.3. The minimum Gasteiger partial charge on any atom is -0.478 e. The summed E-state index contributed by atoms with van der Waals surface area (Å²) >= 11 is 0. The summed E-state index contributed by atoms with van der Waals surface area (Å²) in [7, 11) is -2.42. The fraction of sp³-hybridized carbons (Fsp3) is 0.276. The lowest BCUT2D eigenvalue weighted by molar-refractivity contribution is -0.582. The van der Waals surface area contributed by atoms with Crippen molar-refractivity contribution in [2.45, 2.75) is 25.9 Å². The summed E-state index contributed by atoms with van der Waals surface area (Å²) in [5.41, 5.74) is 0.617. The van der Waals surface area contributed by atoms with E-state index in [0.29, 0.717) is 11.1 Å². The second-order valence-corrected chi connectivity index (χ2v) is 14.9. The molecule has 2 aromatic carbocycles. The first-order valence-electron chi connectivity index (χ1n) is 12.6. The topological polar surface area (TPSA) is 47.9 Å². The van der Waals surface area contributed by atoms with Crippen molar-refractivity contribution >= 4 is 41.9 Å². The van der Waals surface area contributed by atoms with Crippen molar-refractivity contribution in [2.75, 3.05) is 31.1 Å². The minimum absolute atomic E-state index is 0.186. The molecule has 3 heterocycles. The molecular formula is C29H25F3N3O2Si+. The summed E-state index contributed by atoms with van der Waals surface area (Å²) in [5.74, 6) is -6.67. The third kappa shape index (κ3) is 3.36. The fourth-order valence-corrected chi connectivity index (χ4v) is 8.89. The second-order valence-electron chi connectivity index (χ2n) is 10.6. The zero-order chi connectivity index (χ0) is 26.9. The van der Waals surface area contributed by atoms with Crippen LogP contribution < -0.4 is 10.1 Å². The summed E-state index contributed by atoms with van der Waals surface area (Å²) in [6.45, 7) is 15.4. The molecule has 0 bridgehead atoms. The number of aromatic carboxylic acids is 1. The summed E-state index contributed by atoms with van der Waals surface area (Å²) in [5, 5.41) is 11.9. The van der Waals surface area contributed by atoms with Crippen LogP contribution in [0, 0.1) is 24.0 Å². The van der Waals surface area contributed by atoms with Gasteiger partial charge in [-0.2, -0.15) is 0 Å². The molecule has 0 atom stereocenters. The van der Waals surface area contributed by atoms with Gasteiger partial charge >= 0.3 is 5.97 Å². The van der Waals surface area contributed by atoms with Gasteiger partial charge in [0.05, 0.1) is 13.0 Å². The maximum absolute atomic E-state index is 15.9. The first kappa shape index (κ1) is 24.4. The predicted octanol–water partition coefficient (Wildman–Crippen LogP) is 5.19. The van der Waals surface area contributed by atoms with E-state index in [1.54, 1.807) is 0 Å². The van der Waals surface area contributed by atoms with Gasteiger partial charge in [0.1, 0.15) is 32.5 Å². The van der Waals surface area contributed by atoms with E-state index in [1.807, 2.05) is 24.3 Å². The Labute approximate surface area is 219 Å². The number of hydrogen-bond acceptors (Lipinski definition) is 2. The lowest BCUT2D eigenvalue weighted by Crippen LogP contribution is -2.50. The highest BCUT2D eigenvalue weighted by Crippen LogP contribution is 2.46. The smallest absolute Gasteiger partial charge is 0.339 e. The Balaban J connectivity index is 1.73. The lowest BCUT2D eigenvalue weighted by Gasteiger charge is -2.40. The Kier molecular flexibility index (Phi) is 5.51. The van der Waals surface area contributed by atoms with E-state index in [-0.39, 0.29) is 5.57 Å². The van der Waals surface area contributed by atoms with E-state index >= 15 is 8.78 Å². The van der Waals surface area contributed by atoms with Crippen molar-refractivity contribution in [3.05, 3.63) is 92.8 Å². The molecule has 2 saturated heterocycles. The summed E-state index contributed by atoms with van der Waals surface area (Å²) in [4.78, 5) is 17.4. The molecule has 5 nitrogen and oxygen atoms in total. The van der Waals surface area contributed by atoms with E-state index in [4.69, 9.17) is 6.57 Å². The molecule has 6 rings (SSSR count). The molecule has 0 spiro atoms. The molecular weight excluding hydrogens is 507 g/mol. The van der Waals surface area contributed by atoms with Gasteiger partial charge in [0.15, 0.2) is 17.3 Å². The number of rotatable bonds is 3. The molecule has 38 heavy (non-hydrogen) atoms. The maximum atomic E-state index is 15.9. The van der Waals surface area contributed by atoms with Crippen LogP contribution in [0.25, 0.3) is 10.4 Å². The lowest BCUT2D eigenvalue weighted by atomic mass is 9.86. The Hall–Kier alpha value is -3.90. The third-order valence-electron chi connectivity index (χ3n) is 8.21. The van der Waals surface area contributed by atoms with Gasteiger partial charge in [-0.25, -0.2) is 27.4 Å².